The Labute approximate surface area is 202 Å². The summed E-state index contributed by atoms with van der Waals surface area (Å²) in [5.41, 5.74) is 2.43. The lowest BCUT2D eigenvalue weighted by Crippen LogP contribution is -2.44. The zero-order chi connectivity index (χ0) is 24.1. The number of halogens is 1. The molecule has 0 bridgehead atoms. The SMILES string of the molecule is CCn1c(=O)c(-c2ccc(-c3noc(C)n3)cc2Cl)cc2c1=NC(NCCCOC)=CCCC=2. The second-order valence-corrected chi connectivity index (χ2v) is 8.38. The molecule has 0 fully saturated rings. The molecule has 0 radical (unpaired) electrons. The van der Waals surface area contributed by atoms with Gasteiger partial charge < -0.3 is 14.6 Å². The standard InChI is InChI=1S/C25H28ClN5O3/c1-4-31-24-18(8-5-6-9-22(29-24)27-12-7-13-33-3)14-20(25(31)32)19-11-10-17(15-21(19)26)23-28-16(2)34-30-23/h8-11,14-15,27H,4-7,12-13H2,1-3H3. The summed E-state index contributed by atoms with van der Waals surface area (Å²) < 4.78 is 11.9. The fourth-order valence-corrected chi connectivity index (χ4v) is 4.18. The molecule has 1 aromatic carbocycles. The monoisotopic (exact) mass is 481 g/mol. The number of methoxy groups -OCH3 is 1. The van der Waals surface area contributed by atoms with Crippen LogP contribution in [0.4, 0.5) is 0 Å². The second-order valence-electron chi connectivity index (χ2n) is 7.97. The molecule has 0 amide bonds. The molecule has 3 heterocycles. The first kappa shape index (κ1) is 23.9. The third kappa shape index (κ3) is 5.13. The molecule has 34 heavy (non-hydrogen) atoms. The fraction of sp³-hybridized carbons (Fsp3) is 0.360. The minimum atomic E-state index is -0.136. The molecule has 2 aromatic heterocycles. The van der Waals surface area contributed by atoms with E-state index in [1.54, 1.807) is 24.7 Å². The molecule has 0 saturated carbocycles. The molecule has 9 heteroatoms. The Bertz CT molecular complexity index is 1390. The third-order valence-corrected chi connectivity index (χ3v) is 5.89. The second kappa shape index (κ2) is 10.8. The first-order valence-corrected chi connectivity index (χ1v) is 11.8. The van der Waals surface area contributed by atoms with Crippen molar-refractivity contribution in [2.45, 2.75) is 39.7 Å². The van der Waals surface area contributed by atoms with Gasteiger partial charge in [0.25, 0.3) is 5.56 Å². The lowest BCUT2D eigenvalue weighted by molar-refractivity contribution is 0.195. The Balaban J connectivity index is 1.78. The van der Waals surface area contributed by atoms with Gasteiger partial charge in [-0.3, -0.25) is 9.36 Å². The van der Waals surface area contributed by atoms with Crippen LogP contribution in [-0.2, 0) is 11.3 Å². The van der Waals surface area contributed by atoms with E-state index in [4.69, 9.17) is 25.9 Å². The van der Waals surface area contributed by atoms with Crippen molar-refractivity contribution in [2.24, 2.45) is 4.99 Å². The summed E-state index contributed by atoms with van der Waals surface area (Å²) >= 11 is 6.64. The molecular weight excluding hydrogens is 454 g/mol. The minimum Gasteiger partial charge on any atom is -0.385 e. The van der Waals surface area contributed by atoms with Gasteiger partial charge in [-0.1, -0.05) is 35.0 Å². The van der Waals surface area contributed by atoms with Gasteiger partial charge in [-0.15, -0.1) is 0 Å². The summed E-state index contributed by atoms with van der Waals surface area (Å²) in [6, 6.07) is 7.32. The van der Waals surface area contributed by atoms with Gasteiger partial charge in [0.05, 0.1) is 0 Å². The summed E-state index contributed by atoms with van der Waals surface area (Å²) in [6.07, 6.45) is 6.77. The van der Waals surface area contributed by atoms with Crippen molar-refractivity contribution in [1.82, 2.24) is 20.0 Å². The van der Waals surface area contributed by atoms with Gasteiger partial charge in [0.1, 0.15) is 11.3 Å². The van der Waals surface area contributed by atoms with Crippen molar-refractivity contribution in [3.8, 4) is 22.5 Å². The maximum absolute atomic E-state index is 13.5. The summed E-state index contributed by atoms with van der Waals surface area (Å²) in [4.78, 5) is 22.6. The molecule has 1 N–H and O–H groups in total. The van der Waals surface area contributed by atoms with Gasteiger partial charge in [0, 0.05) is 60.7 Å². The predicted molar refractivity (Wildman–Crippen MR) is 132 cm³/mol. The number of ether oxygens (including phenoxy) is 1. The van der Waals surface area contributed by atoms with Crippen molar-refractivity contribution in [3.05, 3.63) is 68.1 Å². The number of fused-ring (bicyclic) bond motifs is 1. The Morgan fingerprint density at radius 3 is 2.74 bits per heavy atom. The smallest absolute Gasteiger partial charge is 0.260 e. The Morgan fingerprint density at radius 2 is 2.03 bits per heavy atom. The van der Waals surface area contributed by atoms with Crippen molar-refractivity contribution < 1.29 is 9.26 Å². The number of benzene rings is 1. The van der Waals surface area contributed by atoms with Gasteiger partial charge in [0.15, 0.2) is 0 Å². The van der Waals surface area contributed by atoms with Crippen LogP contribution in [0.15, 0.2) is 50.5 Å². The van der Waals surface area contributed by atoms with E-state index in [1.165, 1.54) is 0 Å². The van der Waals surface area contributed by atoms with E-state index in [9.17, 15) is 4.79 Å². The maximum atomic E-state index is 13.5. The molecule has 0 atom stereocenters. The van der Waals surface area contributed by atoms with E-state index in [0.717, 1.165) is 42.4 Å². The first-order valence-electron chi connectivity index (χ1n) is 11.4. The summed E-state index contributed by atoms with van der Waals surface area (Å²) in [5.74, 6) is 1.71. The average molecular weight is 482 g/mol. The zero-order valence-electron chi connectivity index (χ0n) is 19.6. The average Bonchev–Trinajstić information content (AvgIpc) is 3.25. The number of hydrogen-bond donors (Lipinski definition) is 1. The van der Waals surface area contributed by atoms with Crippen LogP contribution in [-0.4, -0.2) is 35.0 Å². The van der Waals surface area contributed by atoms with E-state index in [0.29, 0.717) is 46.5 Å². The minimum absolute atomic E-state index is 0.136. The van der Waals surface area contributed by atoms with E-state index in [2.05, 4.69) is 27.6 Å². The molecular formula is C25H28ClN5O3. The van der Waals surface area contributed by atoms with Gasteiger partial charge in [-0.05, 0) is 44.4 Å². The van der Waals surface area contributed by atoms with E-state index >= 15 is 0 Å². The lowest BCUT2D eigenvalue weighted by Gasteiger charge is -2.13. The molecule has 0 spiro atoms. The van der Waals surface area contributed by atoms with Crippen LogP contribution in [0.25, 0.3) is 28.6 Å². The molecule has 8 nitrogen and oxygen atoms in total. The number of aryl methyl sites for hydroxylation is 1. The highest BCUT2D eigenvalue weighted by molar-refractivity contribution is 6.33. The predicted octanol–water partition coefficient (Wildman–Crippen LogP) is 3.21. The Kier molecular flexibility index (Phi) is 7.59. The normalized spacial score (nSPS) is 13.2. The molecule has 3 aromatic rings. The summed E-state index contributed by atoms with van der Waals surface area (Å²) in [5, 5.41) is 8.66. The van der Waals surface area contributed by atoms with Gasteiger partial charge in [0.2, 0.25) is 11.7 Å². The van der Waals surface area contributed by atoms with Crippen LogP contribution < -0.4 is 21.6 Å². The first-order chi connectivity index (χ1) is 16.5. The summed E-state index contributed by atoms with van der Waals surface area (Å²) in [6.45, 7) is 5.59. The number of nitrogens with one attached hydrogen (secondary N) is 1. The van der Waals surface area contributed by atoms with Crippen LogP contribution in [0, 0.1) is 6.92 Å². The number of hydrogen-bond acceptors (Lipinski definition) is 7. The van der Waals surface area contributed by atoms with Crippen LogP contribution in [0.2, 0.25) is 5.02 Å². The molecule has 1 aliphatic rings. The lowest BCUT2D eigenvalue weighted by atomic mass is 10.0. The van der Waals surface area contributed by atoms with Crippen LogP contribution in [0.3, 0.4) is 0 Å². The fourth-order valence-electron chi connectivity index (χ4n) is 3.89. The van der Waals surface area contributed by atoms with E-state index in [1.807, 2.05) is 25.1 Å². The van der Waals surface area contributed by atoms with Crippen LogP contribution in [0.5, 0.6) is 0 Å². The zero-order valence-corrected chi connectivity index (χ0v) is 20.4. The molecule has 178 valence electrons. The quantitative estimate of drug-likeness (QED) is 0.496. The van der Waals surface area contributed by atoms with Gasteiger partial charge in [-0.25, -0.2) is 4.99 Å². The number of rotatable bonds is 8. The summed E-state index contributed by atoms with van der Waals surface area (Å²) in [7, 11) is 1.69. The van der Waals surface area contributed by atoms with Crippen molar-refractivity contribution in [2.75, 3.05) is 20.3 Å². The van der Waals surface area contributed by atoms with Gasteiger partial charge in [-0.2, -0.15) is 4.98 Å². The molecule has 4 rings (SSSR count). The largest absolute Gasteiger partial charge is 0.385 e. The highest BCUT2D eigenvalue weighted by Gasteiger charge is 2.15. The number of aromatic nitrogens is 3. The van der Waals surface area contributed by atoms with E-state index < -0.39 is 0 Å². The van der Waals surface area contributed by atoms with E-state index in [-0.39, 0.29) is 5.56 Å². The molecule has 0 aliphatic carbocycles. The highest BCUT2D eigenvalue weighted by Crippen LogP contribution is 2.29. The Hall–Kier alpha value is -3.23. The number of nitrogens with zero attached hydrogens (tertiary/aromatic N) is 4. The molecule has 1 aliphatic heterocycles. The molecule has 0 saturated heterocycles. The van der Waals surface area contributed by atoms with Crippen LogP contribution >= 0.6 is 11.6 Å². The third-order valence-electron chi connectivity index (χ3n) is 5.58. The van der Waals surface area contributed by atoms with Crippen molar-refractivity contribution in [1.29, 1.82) is 0 Å². The highest BCUT2D eigenvalue weighted by atomic mass is 35.5. The topological polar surface area (TPSA) is 94.5 Å². The number of pyridine rings is 1. The van der Waals surface area contributed by atoms with Crippen molar-refractivity contribution in [3.63, 3.8) is 0 Å². The molecule has 0 unspecified atom stereocenters. The maximum Gasteiger partial charge on any atom is 0.260 e. The van der Waals surface area contributed by atoms with Gasteiger partial charge >= 0.3 is 0 Å². The Morgan fingerprint density at radius 1 is 1.21 bits per heavy atom. The van der Waals surface area contributed by atoms with Crippen LogP contribution in [0.1, 0.15) is 32.1 Å². The van der Waals surface area contributed by atoms with Crippen molar-refractivity contribution >= 4 is 17.7 Å². The number of allylic oxidation sites excluding steroid dienone is 1.